The molecule has 1 saturated carbocycles. The second kappa shape index (κ2) is 11.3. The van der Waals surface area contributed by atoms with E-state index in [2.05, 4.69) is 5.32 Å². The van der Waals surface area contributed by atoms with E-state index in [0.717, 1.165) is 31.4 Å². The number of ether oxygens (including phenoxy) is 1. The van der Waals surface area contributed by atoms with Crippen LogP contribution in [0.5, 0.6) is 17.2 Å². The molecule has 6 rings (SSSR count). The summed E-state index contributed by atoms with van der Waals surface area (Å²) in [6, 6.07) is 15.6. The van der Waals surface area contributed by atoms with Crippen molar-refractivity contribution in [3.05, 3.63) is 89.5 Å². The molecule has 0 bridgehead atoms. The third kappa shape index (κ3) is 5.29. The van der Waals surface area contributed by atoms with E-state index >= 15 is 0 Å². The maximum absolute atomic E-state index is 14.1. The Kier molecular flexibility index (Phi) is 7.61. The van der Waals surface area contributed by atoms with Crippen molar-refractivity contribution in [1.82, 2.24) is 10.2 Å². The Morgan fingerprint density at radius 1 is 0.932 bits per heavy atom. The molecular weight excluding hydrogens is 577 g/mol. The largest absolute Gasteiger partial charge is 0.508 e. The zero-order valence-corrected chi connectivity index (χ0v) is 23.6. The van der Waals surface area contributed by atoms with Crippen LogP contribution < -0.4 is 10.1 Å². The molecule has 3 N–H and O–H groups in total. The normalized spacial score (nSPS) is 25.7. The number of phenols is 1. The van der Waals surface area contributed by atoms with Gasteiger partial charge < -0.3 is 14.9 Å². The SMILES string of the molecule is O=C1C2C(c3cccc(Oc4cccc(C(F)(F)F)c4)c3)NC(Cc3ccc(O)cc3)(C(=O)O)C2C(=O)N1C1CCCCC1. The van der Waals surface area contributed by atoms with Gasteiger partial charge in [0.15, 0.2) is 0 Å². The second-order valence-corrected chi connectivity index (χ2v) is 11.8. The lowest BCUT2D eigenvalue weighted by atomic mass is 9.76. The van der Waals surface area contributed by atoms with Crippen molar-refractivity contribution in [2.45, 2.75) is 62.3 Å². The topological polar surface area (TPSA) is 116 Å². The lowest BCUT2D eigenvalue weighted by Crippen LogP contribution is -2.58. The smallest absolute Gasteiger partial charge is 0.416 e. The van der Waals surface area contributed by atoms with Crippen LogP contribution in [0.15, 0.2) is 72.8 Å². The predicted octanol–water partition coefficient (Wildman–Crippen LogP) is 5.85. The molecule has 3 aliphatic rings. The molecular formula is C33H31F3N2O6. The number of halogens is 3. The van der Waals surface area contributed by atoms with Crippen LogP contribution in [-0.2, 0) is 27.0 Å². The number of fused-ring (bicyclic) bond motifs is 1. The van der Waals surface area contributed by atoms with E-state index in [1.807, 2.05) is 0 Å². The number of carbonyl (C=O) groups is 3. The van der Waals surface area contributed by atoms with E-state index in [1.165, 1.54) is 29.2 Å². The van der Waals surface area contributed by atoms with Crippen molar-refractivity contribution in [2.75, 3.05) is 0 Å². The Hall–Kier alpha value is -4.38. The van der Waals surface area contributed by atoms with E-state index in [0.29, 0.717) is 24.0 Å². The molecule has 2 heterocycles. The highest BCUT2D eigenvalue weighted by Gasteiger charge is 2.69. The summed E-state index contributed by atoms with van der Waals surface area (Å²) in [5.74, 6) is -4.32. The van der Waals surface area contributed by atoms with E-state index in [1.54, 1.807) is 36.4 Å². The van der Waals surface area contributed by atoms with Crippen molar-refractivity contribution in [3.63, 3.8) is 0 Å². The summed E-state index contributed by atoms with van der Waals surface area (Å²) >= 11 is 0. The van der Waals surface area contributed by atoms with Crippen molar-refractivity contribution in [2.24, 2.45) is 11.8 Å². The van der Waals surface area contributed by atoms with Gasteiger partial charge in [0.25, 0.3) is 0 Å². The Morgan fingerprint density at radius 2 is 1.59 bits per heavy atom. The number of alkyl halides is 3. The highest BCUT2D eigenvalue weighted by Crippen LogP contribution is 2.51. The summed E-state index contributed by atoms with van der Waals surface area (Å²) in [4.78, 5) is 42.7. The van der Waals surface area contributed by atoms with Gasteiger partial charge in [-0.1, -0.05) is 49.6 Å². The molecule has 8 nitrogen and oxygen atoms in total. The van der Waals surface area contributed by atoms with Gasteiger partial charge in [-0.15, -0.1) is 0 Å². The number of hydrogen-bond donors (Lipinski definition) is 3. The van der Waals surface area contributed by atoms with Gasteiger partial charge in [-0.3, -0.25) is 24.6 Å². The molecule has 0 radical (unpaired) electrons. The zero-order chi connectivity index (χ0) is 31.2. The number of nitrogens with zero attached hydrogens (tertiary/aromatic N) is 1. The Morgan fingerprint density at radius 3 is 2.25 bits per heavy atom. The summed E-state index contributed by atoms with van der Waals surface area (Å²) in [5.41, 5.74) is -1.70. The number of carboxylic acids is 1. The maximum atomic E-state index is 14.1. The molecule has 3 aromatic rings. The van der Waals surface area contributed by atoms with Gasteiger partial charge in [0.2, 0.25) is 11.8 Å². The molecule has 1 aliphatic carbocycles. The van der Waals surface area contributed by atoms with Gasteiger partial charge in [-0.25, -0.2) is 0 Å². The van der Waals surface area contributed by atoms with Crippen molar-refractivity contribution in [3.8, 4) is 17.2 Å². The average Bonchev–Trinajstić information content (AvgIpc) is 3.48. The minimum atomic E-state index is -4.55. The van der Waals surface area contributed by atoms with E-state index in [4.69, 9.17) is 4.74 Å². The number of rotatable bonds is 7. The van der Waals surface area contributed by atoms with Crippen LogP contribution in [0.3, 0.4) is 0 Å². The minimum Gasteiger partial charge on any atom is -0.508 e. The summed E-state index contributed by atoms with van der Waals surface area (Å²) in [6.07, 6.45) is -0.626. The number of benzene rings is 3. The van der Waals surface area contributed by atoms with Crippen LogP contribution >= 0.6 is 0 Å². The Balaban J connectivity index is 1.39. The van der Waals surface area contributed by atoms with Crippen molar-refractivity contribution < 1.29 is 42.5 Å². The first kappa shape index (κ1) is 29.7. The highest BCUT2D eigenvalue weighted by molar-refractivity contribution is 6.09. The van der Waals surface area contributed by atoms with Gasteiger partial charge in [0, 0.05) is 18.5 Å². The number of likely N-dealkylation sites (tertiary alicyclic amines) is 1. The van der Waals surface area contributed by atoms with Gasteiger partial charge in [0.05, 0.1) is 17.4 Å². The number of carboxylic acid groups (broad SMARTS) is 1. The molecule has 44 heavy (non-hydrogen) atoms. The lowest BCUT2D eigenvalue weighted by Gasteiger charge is -2.34. The van der Waals surface area contributed by atoms with Crippen LogP contribution in [0.25, 0.3) is 0 Å². The highest BCUT2D eigenvalue weighted by atomic mass is 19.4. The van der Waals surface area contributed by atoms with E-state index < -0.39 is 52.9 Å². The minimum absolute atomic E-state index is 0.00133. The molecule has 3 aromatic carbocycles. The first-order chi connectivity index (χ1) is 21.0. The number of nitrogens with one attached hydrogen (secondary N) is 1. The van der Waals surface area contributed by atoms with Crippen LogP contribution in [0, 0.1) is 11.8 Å². The second-order valence-electron chi connectivity index (χ2n) is 11.8. The number of carbonyl (C=O) groups excluding carboxylic acids is 2. The Labute approximate surface area is 251 Å². The fourth-order valence-corrected chi connectivity index (χ4v) is 7.03. The first-order valence-electron chi connectivity index (χ1n) is 14.6. The summed E-state index contributed by atoms with van der Waals surface area (Å²) < 4.78 is 45.5. The number of amides is 2. The number of phenolic OH excluding ortho intramolecular Hbond substituents is 1. The first-order valence-corrected chi connectivity index (χ1v) is 14.6. The molecule has 230 valence electrons. The van der Waals surface area contributed by atoms with Crippen molar-refractivity contribution in [1.29, 1.82) is 0 Å². The number of aliphatic carboxylic acids is 1. The number of hydrogen-bond acceptors (Lipinski definition) is 6. The maximum Gasteiger partial charge on any atom is 0.416 e. The molecule has 0 spiro atoms. The summed E-state index contributed by atoms with van der Waals surface area (Å²) in [6.45, 7) is 0. The molecule has 2 aliphatic heterocycles. The molecule has 2 saturated heterocycles. The van der Waals surface area contributed by atoms with Crippen LogP contribution in [0.1, 0.15) is 54.8 Å². The summed E-state index contributed by atoms with van der Waals surface area (Å²) in [7, 11) is 0. The van der Waals surface area contributed by atoms with Crippen LogP contribution in [-0.4, -0.2) is 44.5 Å². The molecule has 11 heteroatoms. The molecule has 3 fully saturated rings. The molecule has 4 unspecified atom stereocenters. The summed E-state index contributed by atoms with van der Waals surface area (Å²) in [5, 5.41) is 23.6. The fourth-order valence-electron chi connectivity index (χ4n) is 7.03. The predicted molar refractivity (Wildman–Crippen MR) is 152 cm³/mol. The monoisotopic (exact) mass is 608 g/mol. The number of aromatic hydroxyl groups is 1. The van der Waals surface area contributed by atoms with Crippen molar-refractivity contribution >= 4 is 17.8 Å². The zero-order valence-electron chi connectivity index (χ0n) is 23.6. The standard InChI is InChI=1S/C33H31F3N2O6/c34-33(35,36)21-7-5-11-25(17-21)44-24-10-4-6-20(16-24)28-26-27(30(41)38(29(26)40)22-8-2-1-3-9-22)32(37-28,31(42)43)18-19-12-14-23(39)15-13-19/h4-7,10-17,22,26-28,37,39H,1-3,8-9,18H2,(H,42,43). The molecule has 2 amide bonds. The van der Waals surface area contributed by atoms with E-state index in [9.17, 15) is 37.8 Å². The van der Waals surface area contributed by atoms with E-state index in [-0.39, 0.29) is 29.7 Å². The average molecular weight is 609 g/mol. The lowest BCUT2D eigenvalue weighted by molar-refractivity contribution is -0.152. The van der Waals surface area contributed by atoms with Crippen LogP contribution in [0.4, 0.5) is 13.2 Å². The third-order valence-corrected chi connectivity index (χ3v) is 9.04. The quantitative estimate of drug-likeness (QED) is 0.288. The Bertz CT molecular complexity index is 1590. The molecule has 0 aromatic heterocycles. The van der Waals surface area contributed by atoms with Gasteiger partial charge in [0.1, 0.15) is 22.8 Å². The fraction of sp³-hybridized carbons (Fsp3) is 0.364. The molecule has 4 atom stereocenters. The third-order valence-electron chi connectivity index (χ3n) is 9.04. The van der Waals surface area contributed by atoms with Crippen LogP contribution in [0.2, 0.25) is 0 Å². The van der Waals surface area contributed by atoms with Gasteiger partial charge >= 0.3 is 12.1 Å². The van der Waals surface area contributed by atoms with Gasteiger partial charge in [-0.05, 0) is 66.4 Å². The van der Waals surface area contributed by atoms with Gasteiger partial charge in [-0.2, -0.15) is 13.2 Å². The number of imide groups is 1.